The number of nitrogens with zero attached hydrogens (tertiary/aromatic N) is 1. The van der Waals surface area contributed by atoms with Crippen LogP contribution in [0.5, 0.6) is 0 Å². The van der Waals surface area contributed by atoms with E-state index in [1.165, 1.54) is 19.3 Å². The van der Waals surface area contributed by atoms with Crippen LogP contribution in [0.1, 0.15) is 33.1 Å². The molecule has 0 bridgehead atoms. The Morgan fingerprint density at radius 2 is 2.22 bits per heavy atom. The normalized spacial score (nSPS) is 27.1. The quantitative estimate of drug-likeness (QED) is 0.908. The summed E-state index contributed by atoms with van der Waals surface area (Å²) in [5.41, 5.74) is 0.358. The highest BCUT2D eigenvalue weighted by atomic mass is 35.5. The lowest BCUT2D eigenvalue weighted by Gasteiger charge is -2.43. The van der Waals surface area contributed by atoms with Crippen LogP contribution in [-0.2, 0) is 0 Å². The summed E-state index contributed by atoms with van der Waals surface area (Å²) in [4.78, 5) is 4.39. The summed E-state index contributed by atoms with van der Waals surface area (Å²) >= 11 is 7.75. The van der Waals surface area contributed by atoms with Crippen molar-refractivity contribution in [2.24, 2.45) is 5.41 Å². The number of hydrogen-bond donors (Lipinski definition) is 1. The van der Waals surface area contributed by atoms with E-state index < -0.39 is 0 Å². The number of halogens is 1. The Kier molecular flexibility index (Phi) is 4.57. The Balaban J connectivity index is 2.09. The highest BCUT2D eigenvalue weighted by Crippen LogP contribution is 2.42. The summed E-state index contributed by atoms with van der Waals surface area (Å²) in [6.07, 6.45) is 5.58. The lowest BCUT2D eigenvalue weighted by atomic mass is 9.73. The third-order valence-corrected chi connectivity index (χ3v) is 5.32. The van der Waals surface area contributed by atoms with Gasteiger partial charge in [-0.05, 0) is 37.4 Å². The van der Waals surface area contributed by atoms with Crippen LogP contribution < -0.4 is 5.32 Å². The summed E-state index contributed by atoms with van der Waals surface area (Å²) in [6.45, 7) is 4.71. The number of aromatic nitrogens is 1. The summed E-state index contributed by atoms with van der Waals surface area (Å²) in [5, 5.41) is 5.87. The number of hydrogen-bond acceptors (Lipinski definition) is 3. The average molecular weight is 285 g/mol. The largest absolute Gasteiger partial charge is 0.315 e. The van der Waals surface area contributed by atoms with Gasteiger partial charge in [-0.1, -0.05) is 31.9 Å². The van der Waals surface area contributed by atoms with Gasteiger partial charge in [0.25, 0.3) is 0 Å². The van der Waals surface area contributed by atoms with Crippen molar-refractivity contribution in [2.45, 2.75) is 49.4 Å². The van der Waals surface area contributed by atoms with Crippen LogP contribution in [0.15, 0.2) is 23.4 Å². The van der Waals surface area contributed by atoms with E-state index in [0.717, 1.165) is 5.03 Å². The minimum Gasteiger partial charge on any atom is -0.315 e. The molecule has 0 spiro atoms. The molecular weight excluding hydrogens is 264 g/mol. The van der Waals surface area contributed by atoms with Crippen molar-refractivity contribution in [1.29, 1.82) is 0 Å². The molecule has 2 unspecified atom stereocenters. The van der Waals surface area contributed by atoms with E-state index in [1.807, 2.05) is 23.9 Å². The van der Waals surface area contributed by atoms with Crippen LogP contribution in [0, 0.1) is 5.41 Å². The van der Waals surface area contributed by atoms with Gasteiger partial charge in [0.05, 0.1) is 10.0 Å². The Labute approximate surface area is 119 Å². The van der Waals surface area contributed by atoms with Gasteiger partial charge in [0, 0.05) is 17.5 Å². The Hall–Kier alpha value is -0.250. The van der Waals surface area contributed by atoms with E-state index in [4.69, 9.17) is 11.6 Å². The summed E-state index contributed by atoms with van der Waals surface area (Å²) in [5.74, 6) is 0. The predicted molar refractivity (Wildman–Crippen MR) is 79.4 cm³/mol. The maximum absolute atomic E-state index is 5.87. The third-order valence-electron chi connectivity index (χ3n) is 3.81. The van der Waals surface area contributed by atoms with Gasteiger partial charge in [0.15, 0.2) is 0 Å². The maximum atomic E-state index is 5.87. The number of pyridine rings is 1. The molecule has 2 rings (SSSR count). The lowest BCUT2D eigenvalue weighted by molar-refractivity contribution is 0.182. The molecule has 2 atom stereocenters. The van der Waals surface area contributed by atoms with Crippen molar-refractivity contribution in [3.63, 3.8) is 0 Å². The van der Waals surface area contributed by atoms with Gasteiger partial charge in [0.2, 0.25) is 0 Å². The van der Waals surface area contributed by atoms with Crippen LogP contribution in [0.25, 0.3) is 0 Å². The van der Waals surface area contributed by atoms with Gasteiger partial charge in [-0.15, -0.1) is 11.8 Å². The fourth-order valence-corrected chi connectivity index (χ4v) is 4.48. The molecule has 1 aromatic heterocycles. The zero-order valence-corrected chi connectivity index (χ0v) is 12.8. The molecular formula is C14H21ClN2S. The zero-order chi connectivity index (χ0) is 13.2. The molecule has 0 amide bonds. The minimum atomic E-state index is 0.358. The third kappa shape index (κ3) is 3.19. The van der Waals surface area contributed by atoms with Crippen LogP contribution in [-0.4, -0.2) is 23.3 Å². The van der Waals surface area contributed by atoms with E-state index in [0.29, 0.717) is 21.7 Å². The van der Waals surface area contributed by atoms with Gasteiger partial charge >= 0.3 is 0 Å². The lowest BCUT2D eigenvalue weighted by Crippen LogP contribution is -2.49. The Bertz CT molecular complexity index is 391. The highest BCUT2D eigenvalue weighted by Gasteiger charge is 2.38. The molecule has 0 radical (unpaired) electrons. The van der Waals surface area contributed by atoms with E-state index in [1.54, 1.807) is 6.20 Å². The summed E-state index contributed by atoms with van der Waals surface area (Å²) in [7, 11) is 2.07. The van der Waals surface area contributed by atoms with E-state index in [2.05, 4.69) is 31.2 Å². The van der Waals surface area contributed by atoms with Gasteiger partial charge in [-0.2, -0.15) is 0 Å². The molecule has 1 N–H and O–H groups in total. The summed E-state index contributed by atoms with van der Waals surface area (Å²) < 4.78 is 0. The van der Waals surface area contributed by atoms with Gasteiger partial charge in [-0.25, -0.2) is 4.98 Å². The molecule has 0 aromatic carbocycles. The highest BCUT2D eigenvalue weighted by molar-refractivity contribution is 7.99. The number of nitrogens with one attached hydrogen (secondary N) is 1. The molecule has 1 aromatic rings. The molecule has 100 valence electrons. The van der Waals surface area contributed by atoms with Crippen LogP contribution in [0.2, 0.25) is 5.02 Å². The minimum absolute atomic E-state index is 0.358. The second kappa shape index (κ2) is 5.81. The molecule has 18 heavy (non-hydrogen) atoms. The van der Waals surface area contributed by atoms with Crippen molar-refractivity contribution in [3.05, 3.63) is 23.4 Å². The first-order valence-corrected chi connectivity index (χ1v) is 7.74. The molecule has 1 fully saturated rings. The molecule has 1 saturated carbocycles. The standard InChI is InChI=1S/C14H21ClN2S/c1-14(2)8-4-5-11(13(14)16-3)18-12-7-6-10(15)9-17-12/h6-7,9,11,13,16H,4-5,8H2,1-3H3. The van der Waals surface area contributed by atoms with Crippen molar-refractivity contribution >= 4 is 23.4 Å². The molecule has 1 aliphatic carbocycles. The Morgan fingerprint density at radius 1 is 1.44 bits per heavy atom. The second-order valence-corrected chi connectivity index (χ2v) is 7.31. The zero-order valence-electron chi connectivity index (χ0n) is 11.2. The average Bonchev–Trinajstić information content (AvgIpc) is 2.31. The first-order valence-electron chi connectivity index (χ1n) is 6.48. The van der Waals surface area contributed by atoms with Crippen LogP contribution in [0.4, 0.5) is 0 Å². The van der Waals surface area contributed by atoms with Crippen molar-refractivity contribution < 1.29 is 0 Å². The van der Waals surface area contributed by atoms with Crippen molar-refractivity contribution in [2.75, 3.05) is 7.05 Å². The molecule has 0 saturated heterocycles. The van der Waals surface area contributed by atoms with Gasteiger partial charge in [0.1, 0.15) is 0 Å². The van der Waals surface area contributed by atoms with Gasteiger partial charge < -0.3 is 5.32 Å². The van der Waals surface area contributed by atoms with E-state index >= 15 is 0 Å². The van der Waals surface area contributed by atoms with Crippen LogP contribution in [0.3, 0.4) is 0 Å². The molecule has 4 heteroatoms. The van der Waals surface area contributed by atoms with E-state index in [-0.39, 0.29) is 0 Å². The topological polar surface area (TPSA) is 24.9 Å². The molecule has 0 aliphatic heterocycles. The fraction of sp³-hybridized carbons (Fsp3) is 0.643. The molecule has 1 aliphatic rings. The monoisotopic (exact) mass is 284 g/mol. The second-order valence-electron chi connectivity index (χ2n) is 5.62. The number of thioether (sulfide) groups is 1. The first kappa shape index (κ1) is 14.2. The number of rotatable bonds is 3. The predicted octanol–water partition coefficient (Wildman–Crippen LogP) is 3.99. The first-order chi connectivity index (χ1) is 8.53. The van der Waals surface area contributed by atoms with Crippen molar-refractivity contribution in [3.8, 4) is 0 Å². The van der Waals surface area contributed by atoms with Gasteiger partial charge in [-0.3, -0.25) is 0 Å². The Morgan fingerprint density at radius 3 is 2.83 bits per heavy atom. The fourth-order valence-electron chi connectivity index (χ4n) is 2.87. The smallest absolute Gasteiger partial charge is 0.0964 e. The van der Waals surface area contributed by atoms with Crippen LogP contribution >= 0.6 is 23.4 Å². The summed E-state index contributed by atoms with van der Waals surface area (Å²) in [6, 6.07) is 4.47. The molecule has 1 heterocycles. The maximum Gasteiger partial charge on any atom is 0.0964 e. The van der Waals surface area contributed by atoms with E-state index in [9.17, 15) is 0 Å². The SMILES string of the molecule is CNC1C(Sc2ccc(Cl)cn2)CCCC1(C)C. The van der Waals surface area contributed by atoms with Crippen molar-refractivity contribution in [1.82, 2.24) is 10.3 Å². The molecule has 2 nitrogen and oxygen atoms in total.